The van der Waals surface area contributed by atoms with Gasteiger partial charge < -0.3 is 5.11 Å². The van der Waals surface area contributed by atoms with E-state index in [-0.39, 0.29) is 0 Å². The monoisotopic (exact) mass is 394 g/mol. The van der Waals surface area contributed by atoms with Crippen molar-refractivity contribution in [1.29, 1.82) is 0 Å². The van der Waals surface area contributed by atoms with Crippen molar-refractivity contribution in [2.24, 2.45) is 46.3 Å². The van der Waals surface area contributed by atoms with Crippen molar-refractivity contribution in [2.45, 2.75) is 96.8 Å². The normalized spacial score (nSPS) is 50.4. The fourth-order valence-corrected chi connectivity index (χ4v) is 9.06. The fourth-order valence-electron chi connectivity index (χ4n) is 8.73. The van der Waals surface area contributed by atoms with Crippen molar-refractivity contribution in [1.82, 2.24) is 0 Å². The van der Waals surface area contributed by atoms with E-state index >= 15 is 0 Å². The first-order valence-corrected chi connectivity index (χ1v) is 12.0. The topological polar surface area (TPSA) is 37.3 Å². The maximum atomic E-state index is 11.1. The van der Waals surface area contributed by atoms with Crippen molar-refractivity contribution >= 4 is 17.6 Å². The average Bonchev–Trinajstić information content (AvgIpc) is 2.97. The Morgan fingerprint density at radius 2 is 1.74 bits per heavy atom. The molecule has 4 aliphatic rings. The lowest BCUT2D eigenvalue weighted by atomic mass is 9.44. The lowest BCUT2D eigenvalue weighted by molar-refractivity contribution is -0.137. The maximum absolute atomic E-state index is 11.1. The van der Waals surface area contributed by atoms with Gasteiger partial charge in [0.1, 0.15) is 0 Å². The van der Waals surface area contributed by atoms with E-state index in [9.17, 15) is 4.79 Å². The molecule has 0 aliphatic heterocycles. The van der Waals surface area contributed by atoms with Gasteiger partial charge in [-0.25, -0.2) is 0 Å². The molecule has 4 fully saturated rings. The molecular weight excluding hydrogens is 356 g/mol. The second-order valence-corrected chi connectivity index (χ2v) is 11.8. The van der Waals surface area contributed by atoms with E-state index < -0.39 is 5.97 Å². The highest BCUT2D eigenvalue weighted by atomic mass is 35.5. The Labute approximate surface area is 170 Å². The molecule has 9 unspecified atom stereocenters. The molecule has 27 heavy (non-hydrogen) atoms. The lowest BCUT2D eigenvalue weighted by Crippen LogP contribution is -2.53. The Hall–Kier alpha value is -0.240. The summed E-state index contributed by atoms with van der Waals surface area (Å²) in [4.78, 5) is 11.1. The highest BCUT2D eigenvalue weighted by Gasteiger charge is 2.60. The van der Waals surface area contributed by atoms with Gasteiger partial charge in [-0.2, -0.15) is 0 Å². The van der Waals surface area contributed by atoms with E-state index in [4.69, 9.17) is 16.7 Å². The minimum atomic E-state index is -0.633. The molecule has 4 aliphatic carbocycles. The zero-order chi connectivity index (χ0) is 19.4. The van der Waals surface area contributed by atoms with E-state index in [1.807, 2.05) is 0 Å². The van der Waals surface area contributed by atoms with Crippen LogP contribution in [0.3, 0.4) is 0 Å². The highest BCUT2D eigenvalue weighted by Crippen LogP contribution is 2.68. The summed E-state index contributed by atoms with van der Waals surface area (Å²) < 4.78 is 0. The predicted molar refractivity (Wildman–Crippen MR) is 111 cm³/mol. The average molecular weight is 395 g/mol. The molecule has 0 spiro atoms. The van der Waals surface area contributed by atoms with Gasteiger partial charge in [0.15, 0.2) is 0 Å². The van der Waals surface area contributed by atoms with Crippen molar-refractivity contribution < 1.29 is 9.90 Å². The first-order valence-electron chi connectivity index (χ1n) is 11.6. The number of hydrogen-bond donors (Lipinski definition) is 1. The number of fused-ring (bicyclic) bond motifs is 5. The number of halogens is 1. The third kappa shape index (κ3) is 3.26. The summed E-state index contributed by atoms with van der Waals surface area (Å²) in [6.45, 7) is 7.52. The molecule has 0 aromatic rings. The molecule has 0 aromatic carbocycles. The van der Waals surface area contributed by atoms with Crippen LogP contribution in [0.15, 0.2) is 0 Å². The van der Waals surface area contributed by atoms with Crippen LogP contribution in [-0.4, -0.2) is 16.5 Å². The van der Waals surface area contributed by atoms with Gasteiger partial charge in [-0.3, -0.25) is 4.79 Å². The standard InChI is InChI=1S/C24H39ClO2/c1-15(4-9-22(26)27)19-7-8-20-18-6-5-16-14-17(25)10-12-23(16,2)21(18)11-13-24(19,20)3/h15-21H,4-14H2,1-3H3,(H,26,27). The summed E-state index contributed by atoms with van der Waals surface area (Å²) in [6.07, 6.45) is 13.3. The molecule has 0 saturated heterocycles. The molecule has 4 rings (SSSR count). The molecular formula is C24H39ClO2. The summed E-state index contributed by atoms with van der Waals surface area (Å²) in [5, 5.41) is 9.52. The summed E-state index contributed by atoms with van der Waals surface area (Å²) in [5.41, 5.74) is 0.981. The zero-order valence-corrected chi connectivity index (χ0v) is 18.3. The third-order valence-electron chi connectivity index (χ3n) is 10.2. The maximum Gasteiger partial charge on any atom is 0.303 e. The van der Waals surface area contributed by atoms with E-state index in [1.54, 1.807) is 0 Å². The number of rotatable bonds is 4. The predicted octanol–water partition coefficient (Wildman–Crippen LogP) is 6.75. The van der Waals surface area contributed by atoms with Crippen LogP contribution in [0.1, 0.15) is 91.4 Å². The van der Waals surface area contributed by atoms with E-state index in [0.717, 1.165) is 36.0 Å². The van der Waals surface area contributed by atoms with Gasteiger partial charge in [0, 0.05) is 11.8 Å². The van der Waals surface area contributed by atoms with Crippen molar-refractivity contribution in [3.63, 3.8) is 0 Å². The minimum absolute atomic E-state index is 0.337. The summed E-state index contributed by atoms with van der Waals surface area (Å²) in [7, 11) is 0. The molecule has 0 amide bonds. The van der Waals surface area contributed by atoms with Gasteiger partial charge >= 0.3 is 5.97 Å². The fraction of sp³-hybridized carbons (Fsp3) is 0.958. The van der Waals surface area contributed by atoms with Gasteiger partial charge in [0.05, 0.1) is 0 Å². The van der Waals surface area contributed by atoms with Crippen LogP contribution in [0, 0.1) is 46.3 Å². The number of aliphatic carboxylic acids is 1. The van der Waals surface area contributed by atoms with Crippen LogP contribution in [0.4, 0.5) is 0 Å². The van der Waals surface area contributed by atoms with Crippen LogP contribution < -0.4 is 0 Å². The number of carboxylic acids is 1. The molecule has 2 nitrogen and oxygen atoms in total. The van der Waals surface area contributed by atoms with Crippen LogP contribution >= 0.6 is 11.6 Å². The molecule has 1 N–H and O–H groups in total. The van der Waals surface area contributed by atoms with Gasteiger partial charge in [0.2, 0.25) is 0 Å². The van der Waals surface area contributed by atoms with Crippen molar-refractivity contribution in [3.8, 4) is 0 Å². The van der Waals surface area contributed by atoms with Crippen molar-refractivity contribution in [2.75, 3.05) is 0 Å². The third-order valence-corrected chi connectivity index (χ3v) is 10.6. The lowest BCUT2D eigenvalue weighted by Gasteiger charge is -2.61. The highest BCUT2D eigenvalue weighted by molar-refractivity contribution is 6.20. The van der Waals surface area contributed by atoms with E-state index in [2.05, 4.69) is 20.8 Å². The molecule has 0 bridgehead atoms. The van der Waals surface area contributed by atoms with Gasteiger partial charge in [-0.05, 0) is 111 Å². The number of hydrogen-bond acceptors (Lipinski definition) is 1. The first kappa shape index (κ1) is 20.0. The number of alkyl halides is 1. The van der Waals surface area contributed by atoms with Crippen LogP contribution in [-0.2, 0) is 4.79 Å². The smallest absolute Gasteiger partial charge is 0.303 e. The molecule has 4 saturated carbocycles. The van der Waals surface area contributed by atoms with E-state index in [1.165, 1.54) is 57.8 Å². The molecule has 154 valence electrons. The van der Waals surface area contributed by atoms with Crippen LogP contribution in [0.5, 0.6) is 0 Å². The summed E-state index contributed by atoms with van der Waals surface area (Å²) in [5.74, 6) is 4.19. The summed E-state index contributed by atoms with van der Waals surface area (Å²) >= 11 is 6.55. The zero-order valence-electron chi connectivity index (χ0n) is 17.6. The second-order valence-electron chi connectivity index (χ2n) is 11.2. The number of carboxylic acid groups (broad SMARTS) is 1. The quantitative estimate of drug-likeness (QED) is 0.535. The molecule has 3 heteroatoms. The Morgan fingerprint density at radius 3 is 2.48 bits per heavy atom. The Morgan fingerprint density at radius 1 is 1.04 bits per heavy atom. The Balaban J connectivity index is 1.51. The second kappa shape index (κ2) is 7.22. The molecule has 0 radical (unpaired) electrons. The number of carbonyl (C=O) groups is 1. The minimum Gasteiger partial charge on any atom is -0.481 e. The van der Waals surface area contributed by atoms with Crippen LogP contribution in [0.25, 0.3) is 0 Å². The molecule has 9 atom stereocenters. The van der Waals surface area contributed by atoms with Gasteiger partial charge in [0.25, 0.3) is 0 Å². The van der Waals surface area contributed by atoms with Crippen LogP contribution in [0.2, 0.25) is 0 Å². The van der Waals surface area contributed by atoms with Gasteiger partial charge in [-0.15, -0.1) is 11.6 Å². The van der Waals surface area contributed by atoms with E-state index in [0.29, 0.717) is 28.5 Å². The SMILES string of the molecule is CC(CCC(=O)O)C1CCC2C3CCC4CC(Cl)CCC4(C)C3CCC12C. The Bertz CT molecular complexity index is 577. The largest absolute Gasteiger partial charge is 0.481 e. The summed E-state index contributed by atoms with van der Waals surface area (Å²) in [6, 6.07) is 0. The first-order chi connectivity index (χ1) is 12.8. The van der Waals surface area contributed by atoms with Gasteiger partial charge in [-0.1, -0.05) is 20.8 Å². The Kier molecular flexibility index (Phi) is 5.36. The molecule has 0 aromatic heterocycles. The molecule has 0 heterocycles. The van der Waals surface area contributed by atoms with Crippen molar-refractivity contribution in [3.05, 3.63) is 0 Å².